The Kier molecular flexibility index (Phi) is 25.8. The number of nitrogens with zero attached hydrogens (tertiary/aromatic N) is 1. The fourth-order valence-corrected chi connectivity index (χ4v) is 6.34. The van der Waals surface area contributed by atoms with Gasteiger partial charge in [0, 0.05) is 6.54 Å². The number of amides is 7. The summed E-state index contributed by atoms with van der Waals surface area (Å²) in [6, 6.07) is -5.53. The van der Waals surface area contributed by atoms with Gasteiger partial charge in [-0.05, 0) is 74.0 Å². The van der Waals surface area contributed by atoms with Crippen LogP contribution in [-0.2, 0) is 44.8 Å². The molecule has 0 heterocycles. The largest absolute Gasteiger partial charge is 0.508 e. The highest BCUT2D eigenvalue weighted by Crippen LogP contribution is 2.13. The molecule has 0 saturated carbocycles. The van der Waals surface area contributed by atoms with E-state index in [-0.39, 0.29) is 74.5 Å². The number of aromatic hydroxyl groups is 1. The number of aliphatic hydroxyl groups excluding tert-OH is 3. The Morgan fingerprint density at radius 3 is 1.24 bits per heavy atom. The molecule has 0 fully saturated rings. The lowest BCUT2D eigenvalue weighted by molar-refractivity contribution is -0.143. The van der Waals surface area contributed by atoms with Crippen LogP contribution in [0.15, 0.2) is 29.3 Å². The van der Waals surface area contributed by atoms with Crippen LogP contribution in [0, 0.1) is 17.8 Å². The zero-order valence-corrected chi connectivity index (χ0v) is 38.4. The van der Waals surface area contributed by atoms with Gasteiger partial charge in [-0.15, -0.1) is 0 Å². The van der Waals surface area contributed by atoms with Crippen molar-refractivity contribution in [2.45, 2.75) is 128 Å². The van der Waals surface area contributed by atoms with Crippen molar-refractivity contribution in [3.8, 4) is 5.75 Å². The molecule has 1 aromatic carbocycles. The standard InChI is InChI=1S/C42H71N11O13/c1-21(2)14-28(36(60)53-33(20-56)40(64)50-30(41(65)66)16-23(5)6)48-35(59)27(8-7-13-46-42(44)45)47-38(62)32(19-55)52-37(61)29(15-22(3)4)49-39(63)31(18-54)51-34(58)26(43)17-24-9-11-25(57)12-10-24/h9-12,21-23,26-33,54-57H,7-8,13-20,43H2,1-6H3,(H,47,62)(H,48,59)(H,49,63)(H,50,64)(H,51,58)(H,52,61)(H,53,60)(H,65,66)(H4,44,45,46)/t26-,27-,28-,29-,30-,31-,32-,33-/m0/s1. The van der Waals surface area contributed by atoms with Crippen LogP contribution in [0.25, 0.3) is 0 Å². The van der Waals surface area contributed by atoms with E-state index in [1.165, 1.54) is 12.1 Å². The zero-order valence-electron chi connectivity index (χ0n) is 38.4. The van der Waals surface area contributed by atoms with Crippen LogP contribution in [0.3, 0.4) is 0 Å². The predicted molar refractivity (Wildman–Crippen MR) is 240 cm³/mol. The molecule has 24 nitrogen and oxygen atoms in total. The highest BCUT2D eigenvalue weighted by atomic mass is 16.4. The molecule has 66 heavy (non-hydrogen) atoms. The molecule has 0 bridgehead atoms. The van der Waals surface area contributed by atoms with Crippen LogP contribution in [0.1, 0.15) is 79.2 Å². The average Bonchev–Trinajstić information content (AvgIpc) is 3.23. The minimum absolute atomic E-state index is 0.00280. The maximum absolute atomic E-state index is 13.9. The molecule has 24 heteroatoms. The second-order valence-electron chi connectivity index (χ2n) is 17.1. The van der Waals surface area contributed by atoms with Crippen molar-refractivity contribution < 1.29 is 63.9 Å². The van der Waals surface area contributed by atoms with Crippen molar-refractivity contribution in [3.63, 3.8) is 0 Å². The first-order valence-electron chi connectivity index (χ1n) is 21.7. The Labute approximate surface area is 384 Å². The third kappa shape index (κ3) is 21.7. The second-order valence-corrected chi connectivity index (χ2v) is 17.1. The van der Waals surface area contributed by atoms with E-state index in [4.69, 9.17) is 17.2 Å². The monoisotopic (exact) mass is 938 g/mol. The Morgan fingerprint density at radius 1 is 0.530 bits per heavy atom. The van der Waals surface area contributed by atoms with Gasteiger partial charge < -0.3 is 80.0 Å². The van der Waals surface area contributed by atoms with Gasteiger partial charge in [0.2, 0.25) is 41.4 Å². The Balaban J connectivity index is 3.25. The first-order valence-corrected chi connectivity index (χ1v) is 21.7. The molecule has 0 aromatic heterocycles. The van der Waals surface area contributed by atoms with Crippen molar-refractivity contribution in [2.75, 3.05) is 26.4 Å². The van der Waals surface area contributed by atoms with Gasteiger partial charge in [-0.3, -0.25) is 38.6 Å². The van der Waals surface area contributed by atoms with Crippen LogP contribution in [0.5, 0.6) is 5.75 Å². The molecule has 0 unspecified atom stereocenters. The third-order valence-electron chi connectivity index (χ3n) is 9.76. The van der Waals surface area contributed by atoms with Gasteiger partial charge in [0.25, 0.3) is 0 Å². The molecule has 18 N–H and O–H groups in total. The SMILES string of the molecule is CC(C)C[C@H](NC(=O)[C@H](CO)NC(=O)[C@H](CC(C)C)NC(=O)[C@H](CCCN=C(N)N)NC(=O)[C@H](CO)NC(=O)[C@H](CC(C)C)NC(=O)[C@H](CO)NC(=O)[C@@H](N)Cc1ccc(O)cc1)C(=O)O. The fourth-order valence-electron chi connectivity index (χ4n) is 6.34. The highest BCUT2D eigenvalue weighted by molar-refractivity contribution is 5.97. The molecule has 0 aliphatic carbocycles. The summed E-state index contributed by atoms with van der Waals surface area (Å²) in [5.41, 5.74) is 17.5. The predicted octanol–water partition coefficient (Wildman–Crippen LogP) is -4.09. The summed E-state index contributed by atoms with van der Waals surface area (Å²) in [6.45, 7) is 7.66. The summed E-state index contributed by atoms with van der Waals surface area (Å²) in [5, 5.41) is 66.1. The van der Waals surface area contributed by atoms with Gasteiger partial charge in [-0.25, -0.2) is 4.79 Å². The molecule has 1 rings (SSSR count). The lowest BCUT2D eigenvalue weighted by Gasteiger charge is -2.28. The smallest absolute Gasteiger partial charge is 0.326 e. The molecule has 8 atom stereocenters. The van der Waals surface area contributed by atoms with Crippen LogP contribution >= 0.6 is 0 Å². The van der Waals surface area contributed by atoms with Crippen molar-refractivity contribution >= 4 is 53.3 Å². The van der Waals surface area contributed by atoms with E-state index in [1.807, 2.05) is 0 Å². The van der Waals surface area contributed by atoms with Gasteiger partial charge in [0.15, 0.2) is 5.96 Å². The fraction of sp³-hybridized carbons (Fsp3) is 0.643. The molecular weight excluding hydrogens is 867 g/mol. The van der Waals surface area contributed by atoms with E-state index in [1.54, 1.807) is 53.7 Å². The lowest BCUT2D eigenvalue weighted by Crippen LogP contribution is -2.61. The quantitative estimate of drug-likeness (QED) is 0.0198. The van der Waals surface area contributed by atoms with E-state index in [0.717, 1.165) is 0 Å². The number of hydrogen-bond donors (Lipinski definition) is 15. The number of aliphatic carboxylic acids is 1. The molecule has 0 aliphatic rings. The highest BCUT2D eigenvalue weighted by Gasteiger charge is 2.34. The summed E-state index contributed by atoms with van der Waals surface area (Å²) in [7, 11) is 0. The van der Waals surface area contributed by atoms with Crippen molar-refractivity contribution in [3.05, 3.63) is 29.8 Å². The maximum Gasteiger partial charge on any atom is 0.326 e. The minimum Gasteiger partial charge on any atom is -0.508 e. The number of benzene rings is 1. The van der Waals surface area contributed by atoms with Gasteiger partial charge in [0.1, 0.15) is 48.0 Å². The second kappa shape index (κ2) is 29.4. The number of carboxylic acids is 1. The van der Waals surface area contributed by atoms with Gasteiger partial charge in [-0.2, -0.15) is 0 Å². The molecule has 0 aliphatic heterocycles. The van der Waals surface area contributed by atoms with Crippen LogP contribution < -0.4 is 54.4 Å². The van der Waals surface area contributed by atoms with Crippen molar-refractivity contribution in [1.82, 2.24) is 37.2 Å². The normalized spacial score (nSPS) is 14.9. The summed E-state index contributed by atoms with van der Waals surface area (Å²) in [6.07, 6.45) is 0.0675. The summed E-state index contributed by atoms with van der Waals surface area (Å²) in [4.78, 5) is 109. The van der Waals surface area contributed by atoms with Crippen molar-refractivity contribution in [2.24, 2.45) is 39.9 Å². The van der Waals surface area contributed by atoms with Crippen LogP contribution in [0.2, 0.25) is 0 Å². The van der Waals surface area contributed by atoms with Gasteiger partial charge in [0.05, 0.1) is 25.9 Å². The maximum atomic E-state index is 13.9. The number of carbonyl (C=O) groups excluding carboxylic acids is 7. The number of guanidine groups is 1. The average molecular weight is 938 g/mol. The molecule has 1 aromatic rings. The number of aliphatic hydroxyl groups is 3. The lowest BCUT2D eigenvalue weighted by atomic mass is 10.0. The first kappa shape index (κ1) is 57.9. The molecule has 0 spiro atoms. The number of phenolic OH excluding ortho intramolecular Hbond substituents is 1. The first-order chi connectivity index (χ1) is 30.9. The number of carbonyl (C=O) groups is 8. The van der Waals surface area contributed by atoms with E-state index in [9.17, 15) is 63.9 Å². The van der Waals surface area contributed by atoms with E-state index < -0.39 is 115 Å². The van der Waals surface area contributed by atoms with Crippen molar-refractivity contribution in [1.29, 1.82) is 0 Å². The molecular formula is C42H71N11O13. The number of nitrogens with one attached hydrogen (secondary N) is 7. The molecule has 0 saturated heterocycles. The van der Waals surface area contributed by atoms with Gasteiger partial charge >= 0.3 is 5.97 Å². The van der Waals surface area contributed by atoms with Crippen LogP contribution in [-0.4, -0.2) is 154 Å². The summed E-state index contributed by atoms with van der Waals surface area (Å²) < 4.78 is 0. The Bertz CT molecular complexity index is 1790. The van der Waals surface area contributed by atoms with Crippen LogP contribution in [0.4, 0.5) is 0 Å². The number of rotatable bonds is 30. The Hall–Kier alpha value is -6.11. The number of hydrogen-bond acceptors (Lipinski definition) is 14. The molecule has 372 valence electrons. The third-order valence-corrected chi connectivity index (χ3v) is 9.76. The molecule has 0 radical (unpaired) electrons. The van der Waals surface area contributed by atoms with E-state index in [2.05, 4.69) is 42.2 Å². The number of aliphatic imine (C=N–C) groups is 1. The summed E-state index contributed by atoms with van der Waals surface area (Å²) in [5.74, 6) is -8.69. The topological polar surface area (TPSA) is 412 Å². The van der Waals surface area contributed by atoms with Gasteiger partial charge in [-0.1, -0.05) is 53.7 Å². The summed E-state index contributed by atoms with van der Waals surface area (Å²) >= 11 is 0. The number of phenols is 1. The number of carboxylic acid groups (broad SMARTS) is 1. The zero-order chi connectivity index (χ0) is 50.3. The number of nitrogens with two attached hydrogens (primary N) is 3. The molecule has 7 amide bonds. The Morgan fingerprint density at radius 2 is 0.864 bits per heavy atom. The van der Waals surface area contributed by atoms with E-state index >= 15 is 0 Å². The van der Waals surface area contributed by atoms with E-state index in [0.29, 0.717) is 5.56 Å². The minimum atomic E-state index is -1.70.